The first-order valence-corrected chi connectivity index (χ1v) is 9.60. The molecule has 0 bridgehead atoms. The summed E-state index contributed by atoms with van der Waals surface area (Å²) < 4.78 is 5.20. The summed E-state index contributed by atoms with van der Waals surface area (Å²) in [6, 6.07) is 0. The molecular formula is C20H28O7. The normalized spacial score (nSPS) is 50.0. The summed E-state index contributed by atoms with van der Waals surface area (Å²) in [7, 11) is 0. The molecule has 0 aromatic heterocycles. The quantitative estimate of drug-likeness (QED) is 0.332. The Labute approximate surface area is 158 Å². The zero-order valence-electron chi connectivity index (χ0n) is 15.7. The number of hydrogen-bond acceptors (Lipinski definition) is 7. The van der Waals surface area contributed by atoms with Gasteiger partial charge in [0.2, 0.25) is 0 Å². The molecule has 27 heavy (non-hydrogen) atoms. The van der Waals surface area contributed by atoms with Crippen molar-refractivity contribution in [3.63, 3.8) is 0 Å². The molecule has 1 aliphatic heterocycles. The van der Waals surface area contributed by atoms with Crippen LogP contribution in [-0.2, 0) is 9.53 Å². The fourth-order valence-electron chi connectivity index (χ4n) is 5.95. The fourth-order valence-corrected chi connectivity index (χ4v) is 5.95. The lowest BCUT2D eigenvalue weighted by Gasteiger charge is -2.65. The van der Waals surface area contributed by atoms with E-state index in [0.717, 1.165) is 5.57 Å². The molecular weight excluding hydrogens is 352 g/mol. The van der Waals surface area contributed by atoms with Gasteiger partial charge in [0.05, 0.1) is 0 Å². The van der Waals surface area contributed by atoms with E-state index >= 15 is 0 Å². The number of ether oxygens (including phenoxy) is 1. The predicted molar refractivity (Wildman–Crippen MR) is 94.3 cm³/mol. The van der Waals surface area contributed by atoms with Gasteiger partial charge in [-0.1, -0.05) is 26.0 Å². The number of carbonyl (C=O) groups is 1. The van der Waals surface area contributed by atoms with Gasteiger partial charge in [0, 0.05) is 23.5 Å². The molecule has 5 N–H and O–H groups in total. The Morgan fingerprint density at radius 3 is 2.63 bits per heavy atom. The predicted octanol–water partition coefficient (Wildman–Crippen LogP) is -0.198. The molecule has 2 unspecified atom stereocenters. The Morgan fingerprint density at radius 2 is 1.96 bits per heavy atom. The number of cyclic esters (lactones) is 1. The molecule has 1 heterocycles. The average molecular weight is 380 g/mol. The maximum absolute atomic E-state index is 12.0. The molecule has 3 aliphatic carbocycles. The monoisotopic (exact) mass is 380 g/mol. The number of fused-ring (bicyclic) bond motifs is 4. The van der Waals surface area contributed by atoms with Gasteiger partial charge >= 0.3 is 5.97 Å². The van der Waals surface area contributed by atoms with Gasteiger partial charge < -0.3 is 30.3 Å². The number of hydrogen-bond donors (Lipinski definition) is 5. The van der Waals surface area contributed by atoms with Gasteiger partial charge in [-0.05, 0) is 37.2 Å². The lowest BCUT2D eigenvalue weighted by molar-refractivity contribution is -0.295. The highest BCUT2D eigenvalue weighted by Gasteiger charge is 2.72. The summed E-state index contributed by atoms with van der Waals surface area (Å²) >= 11 is 0. The first kappa shape index (κ1) is 19.1. The minimum Gasteiger partial charge on any atom is -0.458 e. The zero-order chi connectivity index (χ0) is 19.8. The molecule has 0 aromatic carbocycles. The lowest BCUT2D eigenvalue weighted by Crippen LogP contribution is -2.77. The second kappa shape index (κ2) is 5.64. The van der Waals surface area contributed by atoms with Crippen LogP contribution in [0.2, 0.25) is 0 Å². The molecule has 0 spiro atoms. The highest BCUT2D eigenvalue weighted by atomic mass is 16.5. The molecule has 150 valence electrons. The van der Waals surface area contributed by atoms with E-state index in [1.54, 1.807) is 6.92 Å². The molecule has 4 rings (SSSR count). The maximum atomic E-state index is 12.0. The smallest absolute Gasteiger partial charge is 0.334 e. The van der Waals surface area contributed by atoms with Crippen LogP contribution in [0.25, 0.3) is 0 Å². The molecule has 7 atom stereocenters. The van der Waals surface area contributed by atoms with Gasteiger partial charge in [-0.3, -0.25) is 0 Å². The van der Waals surface area contributed by atoms with Gasteiger partial charge in [-0.2, -0.15) is 0 Å². The Balaban J connectivity index is 1.83. The van der Waals surface area contributed by atoms with E-state index in [0.29, 0.717) is 24.8 Å². The summed E-state index contributed by atoms with van der Waals surface area (Å²) in [5.41, 5.74) is -4.85. The second-order valence-electron chi connectivity index (χ2n) is 8.99. The van der Waals surface area contributed by atoms with Crippen molar-refractivity contribution in [3.05, 3.63) is 23.3 Å². The minimum atomic E-state index is -1.97. The van der Waals surface area contributed by atoms with Crippen LogP contribution in [0.15, 0.2) is 23.3 Å². The van der Waals surface area contributed by atoms with E-state index < -0.39 is 34.2 Å². The third-order valence-electron chi connectivity index (χ3n) is 7.97. The van der Waals surface area contributed by atoms with E-state index in [2.05, 4.69) is 0 Å². The topological polar surface area (TPSA) is 127 Å². The van der Waals surface area contributed by atoms with Crippen LogP contribution in [0.4, 0.5) is 0 Å². The van der Waals surface area contributed by atoms with Crippen LogP contribution >= 0.6 is 0 Å². The van der Waals surface area contributed by atoms with E-state index in [1.165, 1.54) is 12.2 Å². The summed E-state index contributed by atoms with van der Waals surface area (Å²) in [5, 5.41) is 54.6. The Hall–Kier alpha value is -1.25. The molecule has 0 radical (unpaired) electrons. The van der Waals surface area contributed by atoms with E-state index in [9.17, 15) is 30.3 Å². The SMILES string of the molecule is CC(CO)[C@@]1(O)C=C[C@@]2(O)[C@@]3(C)CCC4=C(COC4=O)C3CC[C@@]2(O)[C@@H]1O. The molecule has 0 saturated heterocycles. The van der Waals surface area contributed by atoms with Crippen molar-refractivity contribution >= 4 is 5.97 Å². The van der Waals surface area contributed by atoms with Crippen molar-refractivity contribution in [2.45, 2.75) is 62.4 Å². The van der Waals surface area contributed by atoms with Crippen molar-refractivity contribution in [1.29, 1.82) is 0 Å². The zero-order valence-corrected chi connectivity index (χ0v) is 15.7. The van der Waals surface area contributed by atoms with Gasteiger partial charge in [-0.25, -0.2) is 4.79 Å². The number of rotatable bonds is 2. The van der Waals surface area contributed by atoms with Gasteiger partial charge in [0.15, 0.2) is 0 Å². The Kier molecular flexibility index (Phi) is 3.99. The minimum absolute atomic E-state index is 0.0562. The summed E-state index contributed by atoms with van der Waals surface area (Å²) in [6.45, 7) is 3.28. The molecule has 7 nitrogen and oxygen atoms in total. The summed E-state index contributed by atoms with van der Waals surface area (Å²) in [6.07, 6.45) is 2.48. The van der Waals surface area contributed by atoms with Crippen LogP contribution in [0, 0.1) is 17.3 Å². The fraction of sp³-hybridized carbons (Fsp3) is 0.750. The van der Waals surface area contributed by atoms with Crippen molar-refractivity contribution < 1.29 is 35.1 Å². The second-order valence-corrected chi connectivity index (χ2v) is 8.99. The maximum Gasteiger partial charge on any atom is 0.334 e. The van der Waals surface area contributed by atoms with E-state index in [-0.39, 0.29) is 31.5 Å². The van der Waals surface area contributed by atoms with Crippen LogP contribution in [-0.4, -0.2) is 67.6 Å². The van der Waals surface area contributed by atoms with Gasteiger partial charge in [0.25, 0.3) is 0 Å². The molecule has 1 saturated carbocycles. The lowest BCUT2D eigenvalue weighted by atomic mass is 9.44. The third kappa shape index (κ3) is 2.07. The van der Waals surface area contributed by atoms with Crippen LogP contribution in [0.1, 0.15) is 39.5 Å². The van der Waals surface area contributed by atoms with Crippen molar-refractivity contribution in [2.24, 2.45) is 17.3 Å². The molecule has 0 aromatic rings. The Bertz CT molecular complexity index is 745. The number of carbonyl (C=O) groups excluding carboxylic acids is 1. The standard InChI is InChI=1S/C20H28O7/c1-11(9-21)18(24)7-8-20(26)17(2)5-3-12-13(10-27-15(12)22)14(17)4-6-19(20,25)16(18)23/h7-8,11,14,16,21,23-26H,3-6,9-10H2,1-2H3/t11?,14?,16-,17+,18+,19-,20-/m1/s1. The van der Waals surface area contributed by atoms with Crippen LogP contribution in [0.5, 0.6) is 0 Å². The number of aliphatic hydroxyl groups is 5. The molecule has 1 fully saturated rings. The molecule has 7 heteroatoms. The van der Waals surface area contributed by atoms with E-state index in [1.807, 2.05) is 6.92 Å². The first-order valence-electron chi connectivity index (χ1n) is 9.60. The summed E-state index contributed by atoms with van der Waals surface area (Å²) in [4.78, 5) is 12.0. The van der Waals surface area contributed by atoms with Crippen LogP contribution < -0.4 is 0 Å². The first-order chi connectivity index (χ1) is 12.5. The van der Waals surface area contributed by atoms with E-state index in [4.69, 9.17) is 4.74 Å². The largest absolute Gasteiger partial charge is 0.458 e. The Morgan fingerprint density at radius 1 is 1.26 bits per heavy atom. The third-order valence-corrected chi connectivity index (χ3v) is 7.97. The highest BCUT2D eigenvalue weighted by Crippen LogP contribution is 2.64. The average Bonchev–Trinajstić information content (AvgIpc) is 3.02. The number of aliphatic hydroxyl groups excluding tert-OH is 2. The molecule has 0 amide bonds. The summed E-state index contributed by atoms with van der Waals surface area (Å²) in [5.74, 6) is -1.18. The highest BCUT2D eigenvalue weighted by molar-refractivity contribution is 5.92. The van der Waals surface area contributed by atoms with Gasteiger partial charge in [0.1, 0.15) is 29.5 Å². The molecule has 4 aliphatic rings. The van der Waals surface area contributed by atoms with Crippen LogP contribution in [0.3, 0.4) is 0 Å². The van der Waals surface area contributed by atoms with Crippen molar-refractivity contribution in [2.75, 3.05) is 13.2 Å². The number of esters is 1. The van der Waals surface area contributed by atoms with Crippen molar-refractivity contribution in [1.82, 2.24) is 0 Å². The van der Waals surface area contributed by atoms with Gasteiger partial charge in [-0.15, -0.1) is 0 Å². The van der Waals surface area contributed by atoms with Crippen molar-refractivity contribution in [3.8, 4) is 0 Å².